The SMILES string of the molecule is CC(C)[C@H](N)C(=O)N1CCCN(S(O)(O)c2cccc3cncc(F)c23)[C@@H](C)C1. The summed E-state index contributed by atoms with van der Waals surface area (Å²) in [7, 11) is -3.47. The number of carbonyl (C=O) groups excluding carboxylic acids is 1. The number of nitrogens with zero attached hydrogens (tertiary/aromatic N) is 3. The minimum Gasteiger partial charge on any atom is -0.340 e. The predicted octanol–water partition coefficient (Wildman–Crippen LogP) is 3.30. The summed E-state index contributed by atoms with van der Waals surface area (Å²) in [5, 5.41) is 0.665. The summed E-state index contributed by atoms with van der Waals surface area (Å²) in [6, 6.07) is 3.95. The summed E-state index contributed by atoms with van der Waals surface area (Å²) in [5.74, 6) is -0.711. The quantitative estimate of drug-likeness (QED) is 0.696. The van der Waals surface area contributed by atoms with E-state index >= 15 is 0 Å². The van der Waals surface area contributed by atoms with E-state index in [1.165, 1.54) is 12.3 Å². The molecule has 0 bridgehead atoms. The molecule has 2 heterocycles. The average Bonchev–Trinajstić information content (AvgIpc) is 2.88. The Morgan fingerprint density at radius 1 is 1.31 bits per heavy atom. The van der Waals surface area contributed by atoms with Crippen molar-refractivity contribution in [1.82, 2.24) is 14.2 Å². The number of amides is 1. The number of fused-ring (bicyclic) bond motifs is 1. The molecule has 3 rings (SSSR count). The largest absolute Gasteiger partial charge is 0.340 e. The number of pyridine rings is 1. The molecule has 1 fully saturated rings. The van der Waals surface area contributed by atoms with Crippen LogP contribution in [-0.2, 0) is 4.79 Å². The van der Waals surface area contributed by atoms with Crippen LogP contribution in [0.4, 0.5) is 4.39 Å². The minimum atomic E-state index is -3.47. The lowest BCUT2D eigenvalue weighted by Crippen LogP contribution is -2.49. The zero-order valence-electron chi connectivity index (χ0n) is 17.0. The van der Waals surface area contributed by atoms with Gasteiger partial charge in [0.2, 0.25) is 5.91 Å². The molecule has 7 nitrogen and oxygen atoms in total. The highest BCUT2D eigenvalue weighted by Gasteiger charge is 2.36. The van der Waals surface area contributed by atoms with Crippen LogP contribution in [-0.4, -0.2) is 60.9 Å². The number of halogens is 1. The van der Waals surface area contributed by atoms with Crippen LogP contribution >= 0.6 is 10.8 Å². The molecule has 0 unspecified atom stereocenters. The van der Waals surface area contributed by atoms with Crippen LogP contribution in [0.3, 0.4) is 0 Å². The molecule has 1 aliphatic rings. The van der Waals surface area contributed by atoms with Crippen LogP contribution in [0, 0.1) is 11.7 Å². The van der Waals surface area contributed by atoms with Crippen molar-refractivity contribution < 1.29 is 18.3 Å². The third kappa shape index (κ3) is 4.24. The number of hydrogen-bond donors (Lipinski definition) is 3. The zero-order chi connectivity index (χ0) is 21.3. The first-order valence-electron chi connectivity index (χ1n) is 9.76. The number of carbonyl (C=O) groups is 1. The second-order valence-corrected chi connectivity index (χ2v) is 9.84. The molecule has 0 aliphatic carbocycles. The van der Waals surface area contributed by atoms with Crippen LogP contribution in [0.5, 0.6) is 0 Å². The maximum atomic E-state index is 14.5. The Morgan fingerprint density at radius 2 is 2.03 bits per heavy atom. The second kappa shape index (κ2) is 8.53. The molecule has 1 aromatic carbocycles. The van der Waals surface area contributed by atoms with Crippen LogP contribution in [0.1, 0.15) is 27.2 Å². The van der Waals surface area contributed by atoms with E-state index in [0.29, 0.717) is 31.4 Å². The fourth-order valence-electron chi connectivity index (χ4n) is 3.73. The number of aromatic nitrogens is 1. The maximum Gasteiger partial charge on any atom is 0.239 e. The molecule has 160 valence electrons. The Bertz CT molecular complexity index is 890. The van der Waals surface area contributed by atoms with Crippen molar-refractivity contribution in [3.63, 3.8) is 0 Å². The van der Waals surface area contributed by atoms with E-state index in [9.17, 15) is 18.3 Å². The van der Waals surface area contributed by atoms with Gasteiger partial charge in [-0.2, -0.15) is 4.31 Å². The van der Waals surface area contributed by atoms with Gasteiger partial charge in [0.05, 0.1) is 17.1 Å². The standard InChI is InChI=1S/C20H29FN4O3S/c1-13(2)19(22)20(26)24-8-5-9-25(14(3)12-24)29(27,28)17-7-4-6-15-10-23-11-16(21)18(15)17/h4,6-7,10-11,13-14,19,27-28H,5,8-9,12,22H2,1-3H3/t14-,19-/m0/s1. The van der Waals surface area contributed by atoms with Crippen molar-refractivity contribution in [1.29, 1.82) is 0 Å². The Labute approximate surface area is 172 Å². The summed E-state index contributed by atoms with van der Waals surface area (Å²) in [4.78, 5) is 18.4. The number of hydrogen-bond acceptors (Lipinski definition) is 6. The van der Waals surface area contributed by atoms with E-state index in [2.05, 4.69) is 4.98 Å². The molecule has 1 saturated heterocycles. The van der Waals surface area contributed by atoms with Crippen molar-refractivity contribution in [2.75, 3.05) is 19.6 Å². The third-order valence-corrected chi connectivity index (χ3v) is 7.55. The summed E-state index contributed by atoms with van der Waals surface area (Å²) >= 11 is 0. The Kier molecular flexibility index (Phi) is 6.45. The van der Waals surface area contributed by atoms with Crippen LogP contribution in [0.2, 0.25) is 0 Å². The molecule has 1 aromatic heterocycles. The molecule has 1 aliphatic heterocycles. The minimum absolute atomic E-state index is 0.0184. The maximum absolute atomic E-state index is 14.5. The number of rotatable bonds is 4. The molecule has 9 heteroatoms. The molecule has 0 spiro atoms. The fourth-order valence-corrected chi connectivity index (χ4v) is 5.68. The lowest BCUT2D eigenvalue weighted by atomic mass is 10.0. The van der Waals surface area contributed by atoms with Gasteiger partial charge < -0.3 is 10.6 Å². The van der Waals surface area contributed by atoms with Gasteiger partial charge in [-0.15, -0.1) is 10.8 Å². The highest BCUT2D eigenvalue weighted by Crippen LogP contribution is 2.55. The highest BCUT2D eigenvalue weighted by atomic mass is 32.3. The topological polar surface area (TPSA) is 103 Å². The summed E-state index contributed by atoms with van der Waals surface area (Å²) < 4.78 is 38.5. The summed E-state index contributed by atoms with van der Waals surface area (Å²) in [6.45, 7) is 6.82. The number of benzene rings is 1. The summed E-state index contributed by atoms with van der Waals surface area (Å²) in [6.07, 6.45) is 3.13. The van der Waals surface area contributed by atoms with Crippen LogP contribution < -0.4 is 5.73 Å². The van der Waals surface area contributed by atoms with Crippen molar-refractivity contribution in [3.8, 4) is 0 Å². The molecular weight excluding hydrogens is 395 g/mol. The molecule has 0 saturated carbocycles. The van der Waals surface area contributed by atoms with Gasteiger partial charge in [0.15, 0.2) is 5.82 Å². The molecule has 2 aromatic rings. The third-order valence-electron chi connectivity index (χ3n) is 5.42. The van der Waals surface area contributed by atoms with Crippen LogP contribution in [0.15, 0.2) is 35.5 Å². The molecule has 29 heavy (non-hydrogen) atoms. The number of nitrogens with two attached hydrogens (primary N) is 1. The first kappa shape index (κ1) is 21.9. The molecular formula is C20H29FN4O3S. The van der Waals surface area contributed by atoms with Crippen LogP contribution in [0.25, 0.3) is 10.8 Å². The lowest BCUT2D eigenvalue weighted by molar-refractivity contribution is -0.133. The van der Waals surface area contributed by atoms with Gasteiger partial charge in [-0.25, -0.2) is 4.39 Å². The van der Waals surface area contributed by atoms with Crippen molar-refractivity contribution in [2.45, 2.75) is 44.2 Å². The molecule has 2 atom stereocenters. The van der Waals surface area contributed by atoms with E-state index in [1.54, 1.807) is 21.3 Å². The van der Waals surface area contributed by atoms with Gasteiger partial charge in [-0.1, -0.05) is 26.0 Å². The van der Waals surface area contributed by atoms with Gasteiger partial charge in [0, 0.05) is 42.6 Å². The monoisotopic (exact) mass is 424 g/mol. The average molecular weight is 425 g/mol. The summed E-state index contributed by atoms with van der Waals surface area (Å²) in [5.41, 5.74) is 6.03. The molecule has 0 radical (unpaired) electrons. The van der Waals surface area contributed by atoms with E-state index in [0.717, 1.165) is 6.20 Å². The van der Waals surface area contributed by atoms with Crippen molar-refractivity contribution in [2.24, 2.45) is 11.7 Å². The fraction of sp³-hybridized carbons (Fsp3) is 0.500. The van der Waals surface area contributed by atoms with E-state index in [4.69, 9.17) is 5.73 Å². The Balaban J connectivity index is 1.92. The highest BCUT2D eigenvalue weighted by molar-refractivity contribution is 8.22. The first-order chi connectivity index (χ1) is 13.6. The van der Waals surface area contributed by atoms with Crippen molar-refractivity contribution >= 4 is 27.5 Å². The Hall–Kier alpha value is -1.78. The van der Waals surface area contributed by atoms with E-state index in [-0.39, 0.29) is 28.1 Å². The van der Waals surface area contributed by atoms with Gasteiger partial charge >= 0.3 is 0 Å². The first-order valence-corrected chi connectivity index (χ1v) is 11.3. The van der Waals surface area contributed by atoms with Gasteiger partial charge in [0.25, 0.3) is 0 Å². The van der Waals surface area contributed by atoms with Crippen molar-refractivity contribution in [3.05, 3.63) is 36.4 Å². The normalized spacial score (nSPS) is 20.7. The lowest BCUT2D eigenvalue weighted by Gasteiger charge is -2.46. The Morgan fingerprint density at radius 3 is 2.72 bits per heavy atom. The second-order valence-electron chi connectivity index (χ2n) is 7.89. The van der Waals surface area contributed by atoms with Gasteiger partial charge in [-0.05, 0) is 25.3 Å². The van der Waals surface area contributed by atoms with E-state index < -0.39 is 22.6 Å². The molecule has 4 N–H and O–H groups in total. The van der Waals surface area contributed by atoms with Gasteiger partial charge in [0.1, 0.15) is 0 Å². The molecule has 1 amide bonds. The smallest absolute Gasteiger partial charge is 0.239 e. The van der Waals surface area contributed by atoms with Gasteiger partial charge in [-0.3, -0.25) is 18.9 Å². The zero-order valence-corrected chi connectivity index (χ0v) is 17.8. The predicted molar refractivity (Wildman–Crippen MR) is 113 cm³/mol. The van der Waals surface area contributed by atoms with E-state index in [1.807, 2.05) is 20.8 Å².